The van der Waals surface area contributed by atoms with Crippen LogP contribution in [0.3, 0.4) is 0 Å². The smallest absolute Gasteiger partial charge is 0.420 e. The van der Waals surface area contributed by atoms with E-state index in [9.17, 15) is 18.0 Å². The van der Waals surface area contributed by atoms with E-state index in [0.717, 1.165) is 49.2 Å². The first-order chi connectivity index (χ1) is 14.3. The van der Waals surface area contributed by atoms with Crippen molar-refractivity contribution < 1.29 is 22.7 Å². The van der Waals surface area contributed by atoms with E-state index >= 15 is 0 Å². The number of methoxy groups -OCH3 is 1. The number of amides is 1. The molecule has 1 aromatic carbocycles. The summed E-state index contributed by atoms with van der Waals surface area (Å²) in [6.07, 6.45) is 1.22. The van der Waals surface area contributed by atoms with Crippen LogP contribution in [0.15, 0.2) is 24.4 Å². The minimum atomic E-state index is -4.57. The van der Waals surface area contributed by atoms with Crippen molar-refractivity contribution in [2.45, 2.75) is 38.3 Å². The summed E-state index contributed by atoms with van der Waals surface area (Å²) in [6, 6.07) is 3.52. The first-order valence-electron chi connectivity index (χ1n) is 10.0. The number of carbonyl (C=O) groups excluding carboxylic acids is 1. The van der Waals surface area contributed by atoms with Crippen molar-refractivity contribution >= 4 is 17.5 Å². The van der Waals surface area contributed by atoms with Crippen LogP contribution in [0, 0.1) is 5.92 Å². The van der Waals surface area contributed by atoms with Gasteiger partial charge in [-0.15, -0.1) is 0 Å². The third kappa shape index (κ3) is 4.20. The molecule has 0 radical (unpaired) electrons. The number of ether oxygens (including phenoxy) is 1. The molecule has 9 heteroatoms. The number of carbonyl (C=O) groups is 1. The maximum Gasteiger partial charge on any atom is 0.420 e. The largest absolute Gasteiger partial charge is 0.496 e. The number of halogens is 3. The summed E-state index contributed by atoms with van der Waals surface area (Å²) in [5.74, 6) is -0.178. The number of benzene rings is 1. The van der Waals surface area contributed by atoms with Gasteiger partial charge in [-0.2, -0.15) is 13.2 Å². The van der Waals surface area contributed by atoms with Crippen LogP contribution in [-0.2, 0) is 23.8 Å². The van der Waals surface area contributed by atoms with E-state index in [1.807, 2.05) is 0 Å². The molecule has 1 saturated heterocycles. The summed E-state index contributed by atoms with van der Waals surface area (Å²) >= 11 is 0. The Balaban J connectivity index is 1.45. The van der Waals surface area contributed by atoms with Crippen molar-refractivity contribution in [1.29, 1.82) is 0 Å². The highest BCUT2D eigenvalue weighted by Gasteiger charge is 2.35. The van der Waals surface area contributed by atoms with Gasteiger partial charge in [-0.3, -0.25) is 4.79 Å². The summed E-state index contributed by atoms with van der Waals surface area (Å²) in [5.41, 5.74) is 1.06. The first kappa shape index (κ1) is 20.4. The SMILES string of the molecule is COc1ccc(NC(=O)[C@H]2CCc3nc(N4CCCC4)ncc3C2)cc1C(F)(F)F. The lowest BCUT2D eigenvalue weighted by Gasteiger charge is -2.25. The van der Waals surface area contributed by atoms with Crippen LogP contribution in [0.2, 0.25) is 0 Å². The number of aromatic nitrogens is 2. The van der Waals surface area contributed by atoms with Crippen molar-refractivity contribution in [2.24, 2.45) is 5.92 Å². The number of hydrogen-bond acceptors (Lipinski definition) is 5. The van der Waals surface area contributed by atoms with Gasteiger partial charge >= 0.3 is 6.18 Å². The Labute approximate surface area is 172 Å². The highest BCUT2D eigenvalue weighted by molar-refractivity contribution is 5.93. The molecule has 1 atom stereocenters. The number of alkyl halides is 3. The summed E-state index contributed by atoms with van der Waals surface area (Å²) in [6.45, 7) is 1.93. The van der Waals surface area contributed by atoms with Crippen LogP contribution < -0.4 is 15.0 Å². The highest BCUT2D eigenvalue weighted by atomic mass is 19.4. The van der Waals surface area contributed by atoms with Crippen LogP contribution in [0.4, 0.5) is 24.8 Å². The Hall–Kier alpha value is -2.84. The van der Waals surface area contributed by atoms with Crippen molar-refractivity contribution in [3.63, 3.8) is 0 Å². The molecule has 1 aliphatic heterocycles. The lowest BCUT2D eigenvalue weighted by atomic mass is 9.86. The molecule has 1 aromatic heterocycles. The van der Waals surface area contributed by atoms with E-state index in [1.165, 1.54) is 19.2 Å². The van der Waals surface area contributed by atoms with Gasteiger partial charge in [-0.05, 0) is 55.9 Å². The van der Waals surface area contributed by atoms with Gasteiger partial charge in [0.15, 0.2) is 0 Å². The number of anilines is 2. The standard InChI is InChI=1S/C21H23F3N4O2/c1-30-18-7-5-15(11-16(18)21(22,23)24)26-19(29)13-4-6-17-14(10-13)12-25-20(27-17)28-8-2-3-9-28/h5,7,11-13H,2-4,6,8-10H2,1H3,(H,26,29)/t13-/m0/s1. The molecule has 2 aromatic rings. The minimum Gasteiger partial charge on any atom is -0.496 e. The first-order valence-corrected chi connectivity index (χ1v) is 10.0. The predicted octanol–water partition coefficient (Wildman–Crippen LogP) is 3.85. The number of nitrogens with zero attached hydrogens (tertiary/aromatic N) is 3. The fourth-order valence-electron chi connectivity index (χ4n) is 4.04. The number of nitrogens with one attached hydrogen (secondary N) is 1. The molecule has 1 N–H and O–H groups in total. The topological polar surface area (TPSA) is 67.3 Å². The molecular weight excluding hydrogens is 397 g/mol. The molecular formula is C21H23F3N4O2. The van der Waals surface area contributed by atoms with Crippen LogP contribution in [0.25, 0.3) is 0 Å². The molecule has 1 amide bonds. The number of aryl methyl sites for hydroxylation is 1. The zero-order valence-corrected chi connectivity index (χ0v) is 16.6. The fraction of sp³-hybridized carbons (Fsp3) is 0.476. The molecule has 1 aliphatic carbocycles. The lowest BCUT2D eigenvalue weighted by molar-refractivity contribution is -0.138. The average molecular weight is 420 g/mol. The van der Waals surface area contributed by atoms with E-state index in [1.54, 1.807) is 6.20 Å². The van der Waals surface area contributed by atoms with Gasteiger partial charge in [-0.25, -0.2) is 9.97 Å². The number of hydrogen-bond donors (Lipinski definition) is 1. The monoisotopic (exact) mass is 420 g/mol. The van der Waals surface area contributed by atoms with E-state index in [0.29, 0.717) is 19.3 Å². The van der Waals surface area contributed by atoms with E-state index < -0.39 is 11.7 Å². The summed E-state index contributed by atoms with van der Waals surface area (Å²) < 4.78 is 44.4. The Morgan fingerprint density at radius 2 is 2.03 bits per heavy atom. The molecule has 160 valence electrons. The Morgan fingerprint density at radius 1 is 1.27 bits per heavy atom. The Bertz CT molecular complexity index is 942. The van der Waals surface area contributed by atoms with Gasteiger partial charge in [0.2, 0.25) is 11.9 Å². The predicted molar refractivity (Wildman–Crippen MR) is 106 cm³/mol. The third-order valence-electron chi connectivity index (χ3n) is 5.67. The van der Waals surface area contributed by atoms with Crippen LogP contribution >= 0.6 is 0 Å². The minimum absolute atomic E-state index is 0.0968. The second-order valence-electron chi connectivity index (χ2n) is 7.68. The van der Waals surface area contributed by atoms with Gasteiger partial charge in [0.1, 0.15) is 5.75 Å². The van der Waals surface area contributed by atoms with Crippen LogP contribution in [0.1, 0.15) is 36.1 Å². The van der Waals surface area contributed by atoms with E-state index in [2.05, 4.69) is 20.2 Å². The van der Waals surface area contributed by atoms with E-state index in [-0.39, 0.29) is 23.3 Å². The molecule has 0 unspecified atom stereocenters. The van der Waals surface area contributed by atoms with Gasteiger partial charge in [0, 0.05) is 36.6 Å². The summed E-state index contributed by atoms with van der Waals surface area (Å²) in [4.78, 5) is 24.0. The molecule has 2 aliphatic rings. The maximum absolute atomic E-state index is 13.2. The molecule has 0 bridgehead atoms. The Kier molecular flexibility index (Phi) is 5.53. The van der Waals surface area contributed by atoms with Gasteiger partial charge in [-0.1, -0.05) is 0 Å². The second kappa shape index (κ2) is 8.12. The quantitative estimate of drug-likeness (QED) is 0.814. The molecule has 1 fully saturated rings. The van der Waals surface area contributed by atoms with Crippen molar-refractivity contribution in [2.75, 3.05) is 30.4 Å². The molecule has 2 heterocycles. The fourth-order valence-corrected chi connectivity index (χ4v) is 4.04. The van der Waals surface area contributed by atoms with Crippen molar-refractivity contribution in [3.05, 3.63) is 41.2 Å². The van der Waals surface area contributed by atoms with Crippen LogP contribution in [0.5, 0.6) is 5.75 Å². The molecule has 30 heavy (non-hydrogen) atoms. The van der Waals surface area contributed by atoms with E-state index in [4.69, 9.17) is 4.74 Å². The number of fused-ring (bicyclic) bond motifs is 1. The zero-order valence-electron chi connectivity index (χ0n) is 16.6. The molecule has 6 nitrogen and oxygen atoms in total. The van der Waals surface area contributed by atoms with Gasteiger partial charge in [0.25, 0.3) is 0 Å². The van der Waals surface area contributed by atoms with Gasteiger partial charge < -0.3 is 15.0 Å². The third-order valence-corrected chi connectivity index (χ3v) is 5.67. The molecule has 4 rings (SSSR count). The zero-order chi connectivity index (χ0) is 21.3. The molecule has 0 spiro atoms. The Morgan fingerprint density at radius 3 is 2.73 bits per heavy atom. The normalized spacial score (nSPS) is 18.8. The second-order valence-corrected chi connectivity index (χ2v) is 7.68. The average Bonchev–Trinajstić information content (AvgIpc) is 3.27. The number of rotatable bonds is 4. The maximum atomic E-state index is 13.2. The van der Waals surface area contributed by atoms with Crippen LogP contribution in [-0.4, -0.2) is 36.1 Å². The van der Waals surface area contributed by atoms with Crippen molar-refractivity contribution in [1.82, 2.24) is 9.97 Å². The summed E-state index contributed by atoms with van der Waals surface area (Å²) in [7, 11) is 1.18. The summed E-state index contributed by atoms with van der Waals surface area (Å²) in [5, 5.41) is 2.62. The van der Waals surface area contributed by atoms with Crippen molar-refractivity contribution in [3.8, 4) is 5.75 Å². The lowest BCUT2D eigenvalue weighted by Crippen LogP contribution is -2.29. The van der Waals surface area contributed by atoms with Gasteiger partial charge in [0.05, 0.1) is 12.7 Å². The highest BCUT2D eigenvalue weighted by Crippen LogP contribution is 2.38. The molecule has 0 saturated carbocycles.